The first-order valence-electron chi connectivity index (χ1n) is 7.39. The van der Waals surface area contributed by atoms with Crippen LogP contribution in [0.15, 0.2) is 30.3 Å². The van der Waals surface area contributed by atoms with Crippen molar-refractivity contribution in [2.24, 2.45) is 5.92 Å². The summed E-state index contributed by atoms with van der Waals surface area (Å²) in [5, 5.41) is 0. The first-order chi connectivity index (χ1) is 10.2. The number of aromatic nitrogens is 1. The highest BCUT2D eigenvalue weighted by Gasteiger charge is 2.23. The van der Waals surface area contributed by atoms with Gasteiger partial charge < -0.3 is 9.47 Å². The first kappa shape index (κ1) is 13.9. The van der Waals surface area contributed by atoms with Gasteiger partial charge in [0.25, 0.3) is 0 Å². The third kappa shape index (κ3) is 2.87. The zero-order valence-corrected chi connectivity index (χ0v) is 12.8. The lowest BCUT2D eigenvalue weighted by atomic mass is 9.90. The number of aryl methyl sites for hydroxylation is 2. The van der Waals surface area contributed by atoms with Crippen molar-refractivity contribution < 1.29 is 9.47 Å². The summed E-state index contributed by atoms with van der Waals surface area (Å²) in [6.45, 7) is 4.85. The van der Waals surface area contributed by atoms with Gasteiger partial charge in [-0.25, -0.2) is 0 Å². The summed E-state index contributed by atoms with van der Waals surface area (Å²) >= 11 is 0. The Labute approximate surface area is 125 Å². The number of hydrogen-bond donors (Lipinski definition) is 0. The molecule has 0 fully saturated rings. The maximum atomic E-state index is 5.95. The quantitative estimate of drug-likeness (QED) is 0.864. The number of pyridine rings is 1. The van der Waals surface area contributed by atoms with Gasteiger partial charge in [0.2, 0.25) is 0 Å². The minimum atomic E-state index is 0.493. The van der Waals surface area contributed by atoms with E-state index in [1.807, 2.05) is 19.1 Å². The fourth-order valence-corrected chi connectivity index (χ4v) is 2.99. The van der Waals surface area contributed by atoms with Gasteiger partial charge >= 0.3 is 0 Å². The molecule has 21 heavy (non-hydrogen) atoms. The van der Waals surface area contributed by atoms with Gasteiger partial charge in [0.05, 0.1) is 13.7 Å². The van der Waals surface area contributed by atoms with Gasteiger partial charge in [-0.15, -0.1) is 0 Å². The number of benzene rings is 1. The molecule has 1 aromatic heterocycles. The van der Waals surface area contributed by atoms with Crippen LogP contribution in [0.4, 0.5) is 0 Å². The predicted octanol–water partition coefficient (Wildman–Crippen LogP) is 3.50. The number of nitrogens with zero attached hydrogens (tertiary/aromatic N) is 1. The third-order valence-corrected chi connectivity index (χ3v) is 4.10. The molecule has 110 valence electrons. The Morgan fingerprint density at radius 2 is 2.10 bits per heavy atom. The fourth-order valence-electron chi connectivity index (χ4n) is 2.99. The zero-order valence-electron chi connectivity index (χ0n) is 12.8. The summed E-state index contributed by atoms with van der Waals surface area (Å²) in [5.74, 6) is 2.24. The molecule has 1 aliphatic rings. The average molecular weight is 283 g/mol. The Morgan fingerprint density at radius 1 is 1.24 bits per heavy atom. The van der Waals surface area contributed by atoms with Crippen molar-refractivity contribution in [2.45, 2.75) is 26.7 Å². The van der Waals surface area contributed by atoms with Crippen LogP contribution in [0.2, 0.25) is 0 Å². The monoisotopic (exact) mass is 283 g/mol. The van der Waals surface area contributed by atoms with E-state index >= 15 is 0 Å². The normalized spacial score (nSPS) is 17.0. The minimum absolute atomic E-state index is 0.493. The molecular weight excluding hydrogens is 262 g/mol. The van der Waals surface area contributed by atoms with Gasteiger partial charge in [-0.3, -0.25) is 4.98 Å². The molecule has 0 spiro atoms. The van der Waals surface area contributed by atoms with Crippen LogP contribution in [0.5, 0.6) is 11.5 Å². The average Bonchev–Trinajstić information content (AvgIpc) is 2.49. The summed E-state index contributed by atoms with van der Waals surface area (Å²) in [5.41, 5.74) is 4.77. The molecule has 3 heteroatoms. The van der Waals surface area contributed by atoms with Crippen LogP contribution in [0.3, 0.4) is 0 Å². The first-order valence-corrected chi connectivity index (χ1v) is 7.39. The second-order valence-electron chi connectivity index (χ2n) is 5.73. The largest absolute Gasteiger partial charge is 0.493 e. The van der Waals surface area contributed by atoms with Gasteiger partial charge in [0.15, 0.2) is 11.5 Å². The highest BCUT2D eigenvalue weighted by molar-refractivity contribution is 5.47. The highest BCUT2D eigenvalue weighted by atomic mass is 16.5. The Hall–Kier alpha value is -2.03. The van der Waals surface area contributed by atoms with Gasteiger partial charge in [0.1, 0.15) is 0 Å². The maximum absolute atomic E-state index is 5.95. The van der Waals surface area contributed by atoms with Crippen LogP contribution in [-0.4, -0.2) is 18.7 Å². The summed E-state index contributed by atoms with van der Waals surface area (Å²) in [4.78, 5) is 4.55. The Morgan fingerprint density at radius 3 is 2.86 bits per heavy atom. The molecule has 0 N–H and O–H groups in total. The van der Waals surface area contributed by atoms with Gasteiger partial charge in [-0.2, -0.15) is 0 Å². The molecule has 0 amide bonds. The lowest BCUT2D eigenvalue weighted by molar-refractivity contribution is 0.211. The van der Waals surface area contributed by atoms with Crippen LogP contribution in [0.25, 0.3) is 0 Å². The summed E-state index contributed by atoms with van der Waals surface area (Å²) in [7, 11) is 1.69. The molecule has 0 saturated heterocycles. The van der Waals surface area contributed by atoms with E-state index in [-0.39, 0.29) is 0 Å². The van der Waals surface area contributed by atoms with E-state index in [2.05, 4.69) is 30.1 Å². The van der Waals surface area contributed by atoms with Crippen molar-refractivity contribution in [3.63, 3.8) is 0 Å². The second kappa shape index (κ2) is 5.76. The lowest BCUT2D eigenvalue weighted by Gasteiger charge is -2.26. The fraction of sp³-hybridized carbons (Fsp3) is 0.389. The number of ether oxygens (including phenoxy) is 2. The molecule has 1 atom stereocenters. The van der Waals surface area contributed by atoms with Crippen molar-refractivity contribution in [3.8, 4) is 11.5 Å². The maximum Gasteiger partial charge on any atom is 0.164 e. The van der Waals surface area contributed by atoms with Crippen molar-refractivity contribution in [1.29, 1.82) is 0 Å². The Balaban J connectivity index is 1.77. The minimum Gasteiger partial charge on any atom is -0.493 e. The number of hydrogen-bond acceptors (Lipinski definition) is 3. The number of methoxy groups -OCH3 is 1. The summed E-state index contributed by atoms with van der Waals surface area (Å²) < 4.78 is 11.3. The predicted molar refractivity (Wildman–Crippen MR) is 83.1 cm³/mol. The molecule has 3 nitrogen and oxygen atoms in total. The van der Waals surface area contributed by atoms with E-state index in [0.717, 1.165) is 42.3 Å². The number of fused-ring (bicyclic) bond motifs is 1. The number of para-hydroxylation sites is 1. The Bertz CT molecular complexity index is 652. The van der Waals surface area contributed by atoms with Crippen molar-refractivity contribution in [2.75, 3.05) is 13.7 Å². The molecule has 2 aromatic rings. The Kier molecular flexibility index (Phi) is 3.82. The molecule has 3 rings (SSSR count). The SMILES string of the molecule is COc1cccc2c1OC[C@@H](Cc1ccc(C)nc1C)C2. The summed E-state index contributed by atoms with van der Waals surface area (Å²) in [6, 6.07) is 10.4. The standard InChI is InChI=1S/C18H21NO2/c1-12-7-8-15(13(2)19-12)9-14-10-16-5-4-6-17(20-3)18(16)21-11-14/h4-8,14H,9-11H2,1-3H3/t14-/m0/s1. The molecule has 0 radical (unpaired) electrons. The van der Waals surface area contributed by atoms with Gasteiger partial charge in [0, 0.05) is 17.3 Å². The molecule has 0 bridgehead atoms. The topological polar surface area (TPSA) is 31.4 Å². The van der Waals surface area contributed by atoms with E-state index in [1.54, 1.807) is 7.11 Å². The van der Waals surface area contributed by atoms with Crippen molar-refractivity contribution in [3.05, 3.63) is 52.8 Å². The molecule has 0 unspecified atom stereocenters. The van der Waals surface area contributed by atoms with E-state index < -0.39 is 0 Å². The number of rotatable bonds is 3. The molecule has 1 aliphatic heterocycles. The molecule has 1 aromatic carbocycles. The van der Waals surface area contributed by atoms with E-state index in [4.69, 9.17) is 9.47 Å². The van der Waals surface area contributed by atoms with Crippen LogP contribution in [-0.2, 0) is 12.8 Å². The lowest BCUT2D eigenvalue weighted by Crippen LogP contribution is -2.23. The molecule has 0 aliphatic carbocycles. The van der Waals surface area contributed by atoms with E-state index in [0.29, 0.717) is 5.92 Å². The van der Waals surface area contributed by atoms with Gasteiger partial charge in [-0.1, -0.05) is 18.2 Å². The van der Waals surface area contributed by atoms with Gasteiger partial charge in [-0.05, 0) is 49.9 Å². The summed E-state index contributed by atoms with van der Waals surface area (Å²) in [6.07, 6.45) is 2.04. The van der Waals surface area contributed by atoms with Crippen LogP contribution < -0.4 is 9.47 Å². The molecular formula is C18H21NO2. The van der Waals surface area contributed by atoms with Crippen molar-refractivity contribution >= 4 is 0 Å². The van der Waals surface area contributed by atoms with Crippen LogP contribution in [0, 0.1) is 19.8 Å². The third-order valence-electron chi connectivity index (χ3n) is 4.10. The molecule has 0 saturated carbocycles. The van der Waals surface area contributed by atoms with Crippen LogP contribution in [0.1, 0.15) is 22.5 Å². The molecule has 2 heterocycles. The van der Waals surface area contributed by atoms with E-state index in [1.165, 1.54) is 11.1 Å². The van der Waals surface area contributed by atoms with E-state index in [9.17, 15) is 0 Å². The smallest absolute Gasteiger partial charge is 0.164 e. The highest BCUT2D eigenvalue weighted by Crippen LogP contribution is 2.36. The zero-order chi connectivity index (χ0) is 14.8. The second-order valence-corrected chi connectivity index (χ2v) is 5.73. The van der Waals surface area contributed by atoms with Crippen LogP contribution >= 0.6 is 0 Å². The van der Waals surface area contributed by atoms with Crippen molar-refractivity contribution in [1.82, 2.24) is 4.98 Å².